The van der Waals surface area contributed by atoms with Gasteiger partial charge in [0.15, 0.2) is 0 Å². The van der Waals surface area contributed by atoms with Crippen molar-refractivity contribution in [2.75, 3.05) is 0 Å². The highest BCUT2D eigenvalue weighted by molar-refractivity contribution is 5.80. The van der Waals surface area contributed by atoms with E-state index in [2.05, 4.69) is 0 Å². The van der Waals surface area contributed by atoms with Crippen LogP contribution in [0.4, 0.5) is 0 Å². The Morgan fingerprint density at radius 1 is 1.08 bits per heavy atom. The molecule has 1 amide bonds. The van der Waals surface area contributed by atoms with Crippen LogP contribution in [0.2, 0.25) is 0 Å². The zero-order valence-electron chi connectivity index (χ0n) is 8.51. The summed E-state index contributed by atoms with van der Waals surface area (Å²) < 4.78 is 0. The lowest BCUT2D eigenvalue weighted by Crippen LogP contribution is -2.10. The van der Waals surface area contributed by atoms with Crippen LogP contribution in [0.5, 0.6) is 0 Å². The molecule has 0 heterocycles. The molecule has 0 aliphatic heterocycles. The number of carbonyl (C=O) groups is 2. The normalized spacial score (nSPS) is 10.4. The molecule has 0 radical (unpaired) electrons. The van der Waals surface area contributed by atoms with Gasteiger partial charge in [0.2, 0.25) is 5.91 Å². The average molecular weight is 185 g/mol. The Labute approximate surface area is 79.7 Å². The van der Waals surface area contributed by atoms with E-state index >= 15 is 0 Å². The zero-order valence-corrected chi connectivity index (χ0v) is 8.51. The molecule has 0 aliphatic carbocycles. The molecule has 0 aromatic carbocycles. The summed E-state index contributed by atoms with van der Waals surface area (Å²) in [5.41, 5.74) is 4.98. The van der Waals surface area contributed by atoms with E-state index in [4.69, 9.17) is 5.73 Å². The second kappa shape index (κ2) is 6.63. The molecule has 3 nitrogen and oxygen atoms in total. The third-order valence-electron chi connectivity index (χ3n) is 1.99. The van der Waals surface area contributed by atoms with Crippen LogP contribution in [0, 0.1) is 5.92 Å². The van der Waals surface area contributed by atoms with Crippen LogP contribution >= 0.6 is 0 Å². The third kappa shape index (κ3) is 7.50. The lowest BCUT2D eigenvalue weighted by Gasteiger charge is -2.02. The molecule has 3 heteroatoms. The first kappa shape index (κ1) is 12.1. The number of amides is 1. The maximum Gasteiger partial charge on any atom is 0.217 e. The molecule has 0 aliphatic rings. The maximum absolute atomic E-state index is 11.1. The smallest absolute Gasteiger partial charge is 0.217 e. The van der Waals surface area contributed by atoms with Crippen LogP contribution in [-0.4, -0.2) is 11.7 Å². The minimum Gasteiger partial charge on any atom is -0.370 e. The van der Waals surface area contributed by atoms with Gasteiger partial charge in [-0.25, -0.2) is 0 Å². The highest BCUT2D eigenvalue weighted by atomic mass is 16.1. The maximum atomic E-state index is 11.1. The van der Waals surface area contributed by atoms with Crippen LogP contribution in [0.1, 0.15) is 46.0 Å². The topological polar surface area (TPSA) is 60.2 Å². The molecule has 0 saturated heterocycles. The highest BCUT2D eigenvalue weighted by Crippen LogP contribution is 2.07. The Kier molecular flexibility index (Phi) is 6.20. The van der Waals surface area contributed by atoms with Crippen molar-refractivity contribution in [3.05, 3.63) is 0 Å². The van der Waals surface area contributed by atoms with Crippen molar-refractivity contribution in [1.82, 2.24) is 0 Å². The van der Waals surface area contributed by atoms with Crippen molar-refractivity contribution >= 4 is 11.7 Å². The minimum atomic E-state index is -0.254. The zero-order chi connectivity index (χ0) is 10.3. The number of rotatable bonds is 7. The van der Waals surface area contributed by atoms with Gasteiger partial charge in [0.1, 0.15) is 5.78 Å². The van der Waals surface area contributed by atoms with E-state index in [9.17, 15) is 9.59 Å². The van der Waals surface area contributed by atoms with E-state index in [0.29, 0.717) is 18.6 Å². The minimum absolute atomic E-state index is 0.135. The first-order chi connectivity index (χ1) is 6.04. The summed E-state index contributed by atoms with van der Waals surface area (Å²) in [6.07, 6.45) is 3.68. The first-order valence-corrected chi connectivity index (χ1v) is 4.85. The Balaban J connectivity index is 3.26. The van der Waals surface area contributed by atoms with Crippen LogP contribution < -0.4 is 5.73 Å². The summed E-state index contributed by atoms with van der Waals surface area (Å²) in [6.45, 7) is 3.82. The van der Waals surface area contributed by atoms with Crippen LogP contribution in [0.3, 0.4) is 0 Å². The molecule has 0 saturated carbocycles. The number of hydrogen-bond donors (Lipinski definition) is 1. The van der Waals surface area contributed by atoms with E-state index in [1.54, 1.807) is 0 Å². The standard InChI is InChI=1S/C10H19NO2/c1-8(2)9(12)6-4-3-5-7-10(11)13/h8H,3-7H2,1-2H3,(H2,11,13). The van der Waals surface area contributed by atoms with Crippen molar-refractivity contribution in [2.45, 2.75) is 46.0 Å². The van der Waals surface area contributed by atoms with Crippen molar-refractivity contribution < 1.29 is 9.59 Å². The van der Waals surface area contributed by atoms with Crippen molar-refractivity contribution in [3.63, 3.8) is 0 Å². The number of hydrogen-bond acceptors (Lipinski definition) is 2. The molecule has 2 N–H and O–H groups in total. The summed E-state index contributed by atoms with van der Waals surface area (Å²) in [5, 5.41) is 0. The molecule has 76 valence electrons. The van der Waals surface area contributed by atoms with Gasteiger partial charge in [-0.15, -0.1) is 0 Å². The SMILES string of the molecule is CC(C)C(=O)CCCCCC(N)=O. The van der Waals surface area contributed by atoms with E-state index in [1.807, 2.05) is 13.8 Å². The van der Waals surface area contributed by atoms with Gasteiger partial charge >= 0.3 is 0 Å². The Morgan fingerprint density at radius 3 is 2.08 bits per heavy atom. The van der Waals surface area contributed by atoms with Crippen molar-refractivity contribution in [3.8, 4) is 0 Å². The number of ketones is 1. The molecule has 0 aromatic rings. The number of Topliss-reactive ketones (excluding diaryl/α,β-unsaturated/α-hetero) is 1. The summed E-state index contributed by atoms with van der Waals surface area (Å²) in [7, 11) is 0. The second-order valence-corrected chi connectivity index (χ2v) is 3.65. The van der Waals surface area contributed by atoms with Gasteiger partial charge < -0.3 is 5.73 Å². The number of unbranched alkanes of at least 4 members (excludes halogenated alkanes) is 2. The molecular weight excluding hydrogens is 166 g/mol. The fourth-order valence-corrected chi connectivity index (χ4v) is 1.06. The molecule has 0 aromatic heterocycles. The molecule has 0 bridgehead atoms. The third-order valence-corrected chi connectivity index (χ3v) is 1.99. The van der Waals surface area contributed by atoms with Gasteiger partial charge in [-0.2, -0.15) is 0 Å². The average Bonchev–Trinajstić information content (AvgIpc) is 2.02. The monoisotopic (exact) mass is 185 g/mol. The Hall–Kier alpha value is -0.860. The van der Waals surface area contributed by atoms with Gasteiger partial charge in [-0.1, -0.05) is 20.3 Å². The van der Waals surface area contributed by atoms with Gasteiger partial charge in [0.05, 0.1) is 0 Å². The summed E-state index contributed by atoms with van der Waals surface area (Å²) in [4.78, 5) is 21.5. The largest absolute Gasteiger partial charge is 0.370 e. The van der Waals surface area contributed by atoms with Crippen LogP contribution in [0.15, 0.2) is 0 Å². The number of nitrogens with two attached hydrogens (primary N) is 1. The van der Waals surface area contributed by atoms with E-state index in [0.717, 1.165) is 19.3 Å². The molecule has 0 rings (SSSR count). The molecule has 0 fully saturated rings. The van der Waals surface area contributed by atoms with Crippen molar-refractivity contribution in [1.29, 1.82) is 0 Å². The summed E-state index contributed by atoms with van der Waals surface area (Å²) in [6, 6.07) is 0. The van der Waals surface area contributed by atoms with Crippen molar-refractivity contribution in [2.24, 2.45) is 11.7 Å². The predicted octanol–water partition coefficient (Wildman–Crippen LogP) is 1.65. The van der Waals surface area contributed by atoms with Crippen LogP contribution in [-0.2, 0) is 9.59 Å². The molecule has 0 spiro atoms. The quantitative estimate of drug-likeness (QED) is 0.613. The lowest BCUT2D eigenvalue weighted by atomic mass is 10.0. The van der Waals surface area contributed by atoms with Crippen LogP contribution in [0.25, 0.3) is 0 Å². The van der Waals surface area contributed by atoms with E-state index < -0.39 is 0 Å². The number of primary amides is 1. The van der Waals surface area contributed by atoms with Gasteiger partial charge in [0.25, 0.3) is 0 Å². The fraction of sp³-hybridized carbons (Fsp3) is 0.800. The second-order valence-electron chi connectivity index (χ2n) is 3.65. The van der Waals surface area contributed by atoms with E-state index in [-0.39, 0.29) is 11.8 Å². The molecular formula is C10H19NO2. The number of carbonyl (C=O) groups excluding carboxylic acids is 2. The summed E-state index contributed by atoms with van der Waals surface area (Å²) in [5.74, 6) is 0.186. The predicted molar refractivity (Wildman–Crippen MR) is 52.1 cm³/mol. The first-order valence-electron chi connectivity index (χ1n) is 4.85. The molecule has 0 unspecified atom stereocenters. The summed E-state index contributed by atoms with van der Waals surface area (Å²) >= 11 is 0. The molecule has 13 heavy (non-hydrogen) atoms. The van der Waals surface area contributed by atoms with E-state index in [1.165, 1.54) is 0 Å². The van der Waals surface area contributed by atoms with Gasteiger partial charge in [0, 0.05) is 18.8 Å². The molecule has 0 atom stereocenters. The van der Waals surface area contributed by atoms with Gasteiger partial charge in [-0.3, -0.25) is 9.59 Å². The van der Waals surface area contributed by atoms with Gasteiger partial charge in [-0.05, 0) is 12.8 Å². The lowest BCUT2D eigenvalue weighted by molar-refractivity contribution is -0.122. The fourth-order valence-electron chi connectivity index (χ4n) is 1.06. The Bertz CT molecular complexity index is 176. The highest BCUT2D eigenvalue weighted by Gasteiger charge is 2.05. The Morgan fingerprint density at radius 2 is 1.62 bits per heavy atom.